The minimum Gasteiger partial charge on any atom is -0.379 e. The van der Waals surface area contributed by atoms with Crippen molar-refractivity contribution in [3.05, 3.63) is 0 Å². The predicted molar refractivity (Wildman–Crippen MR) is 57.1 cm³/mol. The van der Waals surface area contributed by atoms with Gasteiger partial charge in [-0.15, -0.1) is 0 Å². The molecule has 1 N–H and O–H groups in total. The summed E-state index contributed by atoms with van der Waals surface area (Å²) >= 11 is 0. The van der Waals surface area contributed by atoms with Crippen molar-refractivity contribution in [2.24, 2.45) is 0 Å². The van der Waals surface area contributed by atoms with Gasteiger partial charge in [-0.3, -0.25) is 4.90 Å². The lowest BCUT2D eigenvalue weighted by Crippen LogP contribution is -2.43. The quantitative estimate of drug-likeness (QED) is 0.714. The molecule has 0 radical (unpaired) electrons. The summed E-state index contributed by atoms with van der Waals surface area (Å²) in [5.74, 6) is 0. The van der Waals surface area contributed by atoms with E-state index >= 15 is 0 Å². The maximum Gasteiger partial charge on any atom is 0.0594 e. The molecular formula is C10H24N2O. The molecule has 80 valence electrons. The largest absolute Gasteiger partial charge is 0.379 e. The summed E-state index contributed by atoms with van der Waals surface area (Å²) in [5, 5.41) is 3.23. The van der Waals surface area contributed by atoms with E-state index in [-0.39, 0.29) is 0 Å². The number of hydrogen-bond acceptors (Lipinski definition) is 3. The van der Waals surface area contributed by atoms with Gasteiger partial charge in [0.15, 0.2) is 0 Å². The molecule has 0 bridgehead atoms. The van der Waals surface area contributed by atoms with E-state index in [9.17, 15) is 0 Å². The topological polar surface area (TPSA) is 24.5 Å². The predicted octanol–water partition coefficient (Wildman–Crippen LogP) is 0.953. The Bertz CT molecular complexity index is 103. The number of nitrogens with one attached hydrogen (secondary N) is 1. The van der Waals surface area contributed by atoms with E-state index in [0.29, 0.717) is 6.04 Å². The zero-order chi connectivity index (χ0) is 10.1. The van der Waals surface area contributed by atoms with Crippen LogP contribution in [0.1, 0.15) is 20.8 Å². The van der Waals surface area contributed by atoms with Gasteiger partial charge in [0, 0.05) is 25.7 Å². The maximum absolute atomic E-state index is 5.25. The van der Waals surface area contributed by atoms with Crippen molar-refractivity contribution < 1.29 is 4.74 Å². The lowest BCUT2D eigenvalue weighted by Gasteiger charge is -2.28. The second-order valence-electron chi connectivity index (χ2n) is 3.10. The average Bonchev–Trinajstić information content (AvgIpc) is 2.22. The highest BCUT2D eigenvalue weighted by atomic mass is 16.5. The molecule has 1 fully saturated rings. The Labute approximate surface area is 82.4 Å². The van der Waals surface area contributed by atoms with E-state index in [1.807, 2.05) is 20.9 Å². The third kappa shape index (κ3) is 6.02. The summed E-state index contributed by atoms with van der Waals surface area (Å²) in [7, 11) is 2.01. The van der Waals surface area contributed by atoms with Crippen molar-refractivity contribution in [2.75, 3.05) is 39.9 Å². The number of nitrogens with zero attached hydrogens (tertiary/aromatic N) is 1. The molecule has 0 saturated carbocycles. The average molecular weight is 188 g/mol. The Morgan fingerprint density at radius 3 is 2.31 bits per heavy atom. The highest BCUT2D eigenvalue weighted by molar-refractivity contribution is 4.67. The van der Waals surface area contributed by atoms with Crippen molar-refractivity contribution in [3.63, 3.8) is 0 Å². The van der Waals surface area contributed by atoms with Gasteiger partial charge in [-0.05, 0) is 14.0 Å². The Kier molecular flexibility index (Phi) is 8.40. The summed E-state index contributed by atoms with van der Waals surface area (Å²) in [6.45, 7) is 11.3. The summed E-state index contributed by atoms with van der Waals surface area (Å²) in [6.07, 6.45) is 0. The van der Waals surface area contributed by atoms with Crippen LogP contribution in [0.2, 0.25) is 0 Å². The first-order valence-corrected chi connectivity index (χ1v) is 5.30. The molecule has 0 aromatic rings. The summed E-state index contributed by atoms with van der Waals surface area (Å²) in [5.41, 5.74) is 0. The second-order valence-corrected chi connectivity index (χ2v) is 3.10. The van der Waals surface area contributed by atoms with Crippen LogP contribution in [-0.2, 0) is 4.74 Å². The Hall–Kier alpha value is -0.120. The molecule has 1 rings (SSSR count). The SMILES string of the molecule is CC.CNC(C)CN1CCOCC1. The first-order chi connectivity index (χ1) is 6.33. The molecule has 1 atom stereocenters. The van der Waals surface area contributed by atoms with E-state index in [4.69, 9.17) is 4.74 Å². The number of rotatable bonds is 3. The van der Waals surface area contributed by atoms with Crippen LogP contribution in [0.5, 0.6) is 0 Å². The van der Waals surface area contributed by atoms with Crippen molar-refractivity contribution in [1.82, 2.24) is 10.2 Å². The Balaban J connectivity index is 0.000000671. The number of ether oxygens (including phenoxy) is 1. The van der Waals surface area contributed by atoms with E-state index in [1.54, 1.807) is 0 Å². The number of hydrogen-bond donors (Lipinski definition) is 1. The Morgan fingerprint density at radius 1 is 1.31 bits per heavy atom. The summed E-state index contributed by atoms with van der Waals surface area (Å²) in [6, 6.07) is 0.591. The van der Waals surface area contributed by atoms with Crippen LogP contribution < -0.4 is 5.32 Å². The third-order valence-corrected chi connectivity index (χ3v) is 2.13. The summed E-state index contributed by atoms with van der Waals surface area (Å²) in [4.78, 5) is 2.44. The minimum atomic E-state index is 0.591. The third-order valence-electron chi connectivity index (χ3n) is 2.13. The van der Waals surface area contributed by atoms with Crippen LogP contribution in [0.4, 0.5) is 0 Å². The molecule has 0 aromatic carbocycles. The van der Waals surface area contributed by atoms with Gasteiger partial charge in [0.25, 0.3) is 0 Å². The van der Waals surface area contributed by atoms with Crippen molar-refractivity contribution in [2.45, 2.75) is 26.8 Å². The molecule has 3 heteroatoms. The highest BCUT2D eigenvalue weighted by Gasteiger charge is 2.11. The van der Waals surface area contributed by atoms with E-state index in [1.165, 1.54) is 0 Å². The van der Waals surface area contributed by atoms with Crippen molar-refractivity contribution in [1.29, 1.82) is 0 Å². The molecule has 0 amide bonds. The monoisotopic (exact) mass is 188 g/mol. The van der Waals surface area contributed by atoms with E-state index in [0.717, 1.165) is 32.8 Å². The van der Waals surface area contributed by atoms with Crippen molar-refractivity contribution in [3.8, 4) is 0 Å². The molecule has 1 saturated heterocycles. The lowest BCUT2D eigenvalue weighted by molar-refractivity contribution is 0.0347. The fraction of sp³-hybridized carbons (Fsp3) is 1.00. The second kappa shape index (κ2) is 8.48. The first-order valence-electron chi connectivity index (χ1n) is 5.30. The zero-order valence-electron chi connectivity index (χ0n) is 9.47. The number of morpholine rings is 1. The fourth-order valence-electron chi connectivity index (χ4n) is 1.26. The van der Waals surface area contributed by atoms with Gasteiger partial charge < -0.3 is 10.1 Å². The molecule has 0 aromatic heterocycles. The van der Waals surface area contributed by atoms with E-state index in [2.05, 4.69) is 17.1 Å². The Morgan fingerprint density at radius 2 is 1.85 bits per heavy atom. The maximum atomic E-state index is 5.25. The van der Waals surface area contributed by atoms with Gasteiger partial charge in [-0.25, -0.2) is 0 Å². The van der Waals surface area contributed by atoms with Gasteiger partial charge >= 0.3 is 0 Å². The van der Waals surface area contributed by atoms with Crippen LogP contribution in [0, 0.1) is 0 Å². The fourth-order valence-corrected chi connectivity index (χ4v) is 1.26. The molecule has 1 unspecified atom stereocenters. The molecular weight excluding hydrogens is 164 g/mol. The molecule has 3 nitrogen and oxygen atoms in total. The number of likely N-dealkylation sites (N-methyl/N-ethyl adjacent to an activating group) is 1. The van der Waals surface area contributed by atoms with Crippen LogP contribution in [0.15, 0.2) is 0 Å². The normalized spacial score (nSPS) is 20.3. The van der Waals surface area contributed by atoms with Crippen molar-refractivity contribution >= 4 is 0 Å². The van der Waals surface area contributed by atoms with E-state index < -0.39 is 0 Å². The minimum absolute atomic E-state index is 0.591. The van der Waals surface area contributed by atoms with Gasteiger partial charge in [0.05, 0.1) is 13.2 Å². The molecule has 0 aliphatic carbocycles. The van der Waals surface area contributed by atoms with Crippen LogP contribution in [0.25, 0.3) is 0 Å². The van der Waals surface area contributed by atoms with Gasteiger partial charge in [-0.1, -0.05) is 13.8 Å². The van der Waals surface area contributed by atoms with Crippen LogP contribution in [0.3, 0.4) is 0 Å². The molecule has 1 aliphatic heterocycles. The molecule has 1 heterocycles. The highest BCUT2D eigenvalue weighted by Crippen LogP contribution is 1.97. The lowest BCUT2D eigenvalue weighted by atomic mass is 10.3. The van der Waals surface area contributed by atoms with Gasteiger partial charge in [-0.2, -0.15) is 0 Å². The standard InChI is InChI=1S/C8H18N2O.C2H6/c1-8(9-2)7-10-3-5-11-6-4-10;1-2/h8-9H,3-7H2,1-2H3;1-2H3. The van der Waals surface area contributed by atoms with Crippen LogP contribution >= 0.6 is 0 Å². The molecule has 0 spiro atoms. The summed E-state index contributed by atoms with van der Waals surface area (Å²) < 4.78 is 5.25. The van der Waals surface area contributed by atoms with Crippen LogP contribution in [-0.4, -0.2) is 50.8 Å². The van der Waals surface area contributed by atoms with Gasteiger partial charge in [0.2, 0.25) is 0 Å². The molecule has 1 aliphatic rings. The van der Waals surface area contributed by atoms with Gasteiger partial charge in [0.1, 0.15) is 0 Å². The zero-order valence-corrected chi connectivity index (χ0v) is 9.47. The smallest absolute Gasteiger partial charge is 0.0594 e. The first kappa shape index (κ1) is 12.9. The molecule has 13 heavy (non-hydrogen) atoms.